The first-order chi connectivity index (χ1) is 8.48. The zero-order valence-corrected chi connectivity index (χ0v) is 11.4. The second-order valence-corrected chi connectivity index (χ2v) is 6.17. The molecule has 0 radical (unpaired) electrons. The van der Waals surface area contributed by atoms with Gasteiger partial charge in [0.2, 0.25) is 0 Å². The molecule has 18 heavy (non-hydrogen) atoms. The highest BCUT2D eigenvalue weighted by Crippen LogP contribution is 2.33. The Labute approximate surface area is 109 Å². The molecule has 1 aromatic rings. The molecule has 2 aliphatic rings. The van der Waals surface area contributed by atoms with Crippen LogP contribution < -0.4 is 4.90 Å². The Morgan fingerprint density at radius 2 is 1.44 bits per heavy atom. The SMILES string of the molecule is Cc1ccc(N(CC2(C)CO2)CC2(C)CO2)cc1. The van der Waals surface area contributed by atoms with Crippen LogP contribution in [0.25, 0.3) is 0 Å². The zero-order valence-electron chi connectivity index (χ0n) is 11.4. The molecular formula is C15H21NO2. The van der Waals surface area contributed by atoms with E-state index in [0.717, 1.165) is 26.3 Å². The number of anilines is 1. The summed E-state index contributed by atoms with van der Waals surface area (Å²) in [4.78, 5) is 2.39. The van der Waals surface area contributed by atoms with Crippen LogP contribution in [0.2, 0.25) is 0 Å². The Bertz CT molecular complexity index is 412. The van der Waals surface area contributed by atoms with E-state index in [0.29, 0.717) is 0 Å². The third kappa shape index (κ3) is 2.68. The van der Waals surface area contributed by atoms with Gasteiger partial charge in [-0.3, -0.25) is 0 Å². The first-order valence-corrected chi connectivity index (χ1v) is 6.58. The molecule has 0 amide bonds. The van der Waals surface area contributed by atoms with Gasteiger partial charge in [0.1, 0.15) is 11.2 Å². The number of rotatable bonds is 5. The molecule has 0 aliphatic carbocycles. The van der Waals surface area contributed by atoms with Crippen LogP contribution in [0.4, 0.5) is 5.69 Å². The number of hydrogen-bond acceptors (Lipinski definition) is 3. The van der Waals surface area contributed by atoms with Gasteiger partial charge in [0.05, 0.1) is 13.2 Å². The largest absolute Gasteiger partial charge is 0.368 e. The summed E-state index contributed by atoms with van der Waals surface area (Å²) in [7, 11) is 0. The van der Waals surface area contributed by atoms with Crippen molar-refractivity contribution < 1.29 is 9.47 Å². The van der Waals surface area contributed by atoms with E-state index >= 15 is 0 Å². The van der Waals surface area contributed by atoms with Crippen LogP contribution in [0.1, 0.15) is 19.4 Å². The van der Waals surface area contributed by atoms with Crippen LogP contribution in [-0.4, -0.2) is 37.5 Å². The Hall–Kier alpha value is -1.06. The lowest BCUT2D eigenvalue weighted by Gasteiger charge is -2.28. The van der Waals surface area contributed by atoms with E-state index in [-0.39, 0.29) is 11.2 Å². The summed E-state index contributed by atoms with van der Waals surface area (Å²) in [5.74, 6) is 0. The average Bonchev–Trinajstić information content (AvgIpc) is 3.21. The summed E-state index contributed by atoms with van der Waals surface area (Å²) >= 11 is 0. The minimum absolute atomic E-state index is 0.0378. The molecule has 0 N–H and O–H groups in total. The fourth-order valence-electron chi connectivity index (χ4n) is 2.23. The molecule has 3 nitrogen and oxygen atoms in total. The summed E-state index contributed by atoms with van der Waals surface area (Å²) in [5, 5.41) is 0. The molecule has 2 atom stereocenters. The van der Waals surface area contributed by atoms with E-state index in [9.17, 15) is 0 Å². The van der Waals surface area contributed by atoms with Gasteiger partial charge < -0.3 is 14.4 Å². The molecule has 2 saturated heterocycles. The minimum Gasteiger partial charge on any atom is -0.368 e. The summed E-state index contributed by atoms with van der Waals surface area (Å²) in [6.45, 7) is 10.1. The van der Waals surface area contributed by atoms with Crippen molar-refractivity contribution >= 4 is 5.69 Å². The van der Waals surface area contributed by atoms with Crippen LogP contribution in [0.5, 0.6) is 0 Å². The molecule has 98 valence electrons. The minimum atomic E-state index is 0.0378. The van der Waals surface area contributed by atoms with Gasteiger partial charge >= 0.3 is 0 Å². The second-order valence-electron chi connectivity index (χ2n) is 6.17. The summed E-state index contributed by atoms with van der Waals surface area (Å²) < 4.78 is 11.0. The van der Waals surface area contributed by atoms with Crippen molar-refractivity contribution in [3.05, 3.63) is 29.8 Å². The van der Waals surface area contributed by atoms with E-state index in [4.69, 9.17) is 9.47 Å². The number of hydrogen-bond donors (Lipinski definition) is 0. The predicted molar refractivity (Wildman–Crippen MR) is 72.1 cm³/mol. The molecule has 2 fully saturated rings. The Morgan fingerprint density at radius 3 is 1.83 bits per heavy atom. The first kappa shape index (κ1) is 12.0. The molecule has 0 saturated carbocycles. The maximum Gasteiger partial charge on any atom is 0.106 e. The van der Waals surface area contributed by atoms with E-state index in [1.807, 2.05) is 0 Å². The highest BCUT2D eigenvalue weighted by molar-refractivity contribution is 5.48. The molecule has 3 rings (SSSR count). The Morgan fingerprint density at radius 1 is 1.00 bits per heavy atom. The van der Waals surface area contributed by atoms with E-state index in [1.165, 1.54) is 11.3 Å². The third-order valence-corrected chi connectivity index (χ3v) is 3.72. The zero-order chi connectivity index (χ0) is 12.8. The number of ether oxygens (including phenoxy) is 2. The number of aryl methyl sites for hydroxylation is 1. The van der Waals surface area contributed by atoms with Crippen molar-refractivity contribution in [2.45, 2.75) is 32.0 Å². The van der Waals surface area contributed by atoms with Gasteiger partial charge in [-0.15, -0.1) is 0 Å². The van der Waals surface area contributed by atoms with Crippen LogP contribution >= 0.6 is 0 Å². The second kappa shape index (κ2) is 3.97. The van der Waals surface area contributed by atoms with Crippen molar-refractivity contribution in [2.75, 3.05) is 31.2 Å². The lowest BCUT2D eigenvalue weighted by molar-refractivity contribution is 0.300. The van der Waals surface area contributed by atoms with Crippen LogP contribution in [0.3, 0.4) is 0 Å². The highest BCUT2D eigenvalue weighted by Gasteiger charge is 2.45. The van der Waals surface area contributed by atoms with Crippen molar-refractivity contribution in [3.8, 4) is 0 Å². The Balaban J connectivity index is 1.77. The van der Waals surface area contributed by atoms with Gasteiger partial charge in [0.25, 0.3) is 0 Å². The van der Waals surface area contributed by atoms with Crippen LogP contribution in [-0.2, 0) is 9.47 Å². The van der Waals surface area contributed by atoms with E-state index in [1.54, 1.807) is 0 Å². The molecule has 3 heteroatoms. The molecule has 1 aromatic carbocycles. The van der Waals surface area contributed by atoms with Gasteiger partial charge in [0, 0.05) is 18.8 Å². The molecule has 2 unspecified atom stereocenters. The molecule has 0 aromatic heterocycles. The van der Waals surface area contributed by atoms with E-state index in [2.05, 4.69) is 49.9 Å². The van der Waals surface area contributed by atoms with Crippen LogP contribution in [0, 0.1) is 6.92 Å². The number of nitrogens with zero attached hydrogens (tertiary/aromatic N) is 1. The molecule has 0 spiro atoms. The fraction of sp³-hybridized carbons (Fsp3) is 0.600. The van der Waals surface area contributed by atoms with Crippen molar-refractivity contribution in [3.63, 3.8) is 0 Å². The quantitative estimate of drug-likeness (QED) is 0.748. The summed E-state index contributed by atoms with van der Waals surface area (Å²) in [6.07, 6.45) is 0. The standard InChI is InChI=1S/C15H21NO2/c1-12-4-6-13(7-5-12)16(8-14(2)10-17-14)9-15(3)11-18-15/h4-7H,8-11H2,1-3H3. The number of epoxide rings is 2. The molecule has 2 heterocycles. The highest BCUT2D eigenvalue weighted by atomic mass is 16.6. The van der Waals surface area contributed by atoms with Gasteiger partial charge in [-0.2, -0.15) is 0 Å². The number of benzene rings is 1. The summed E-state index contributed by atoms with van der Waals surface area (Å²) in [6, 6.07) is 8.70. The van der Waals surface area contributed by atoms with Crippen molar-refractivity contribution in [1.29, 1.82) is 0 Å². The third-order valence-electron chi connectivity index (χ3n) is 3.72. The smallest absolute Gasteiger partial charge is 0.106 e. The van der Waals surface area contributed by atoms with E-state index < -0.39 is 0 Å². The average molecular weight is 247 g/mol. The normalized spacial score (nSPS) is 33.3. The van der Waals surface area contributed by atoms with Gasteiger partial charge in [-0.25, -0.2) is 0 Å². The first-order valence-electron chi connectivity index (χ1n) is 6.58. The van der Waals surface area contributed by atoms with Crippen LogP contribution in [0.15, 0.2) is 24.3 Å². The van der Waals surface area contributed by atoms with Crippen molar-refractivity contribution in [1.82, 2.24) is 0 Å². The topological polar surface area (TPSA) is 28.3 Å². The predicted octanol–water partition coefficient (Wildman–Crippen LogP) is 2.38. The maximum absolute atomic E-state index is 5.52. The van der Waals surface area contributed by atoms with Crippen molar-refractivity contribution in [2.24, 2.45) is 0 Å². The molecule has 2 aliphatic heterocycles. The fourth-order valence-corrected chi connectivity index (χ4v) is 2.23. The lowest BCUT2D eigenvalue weighted by Crippen LogP contribution is -2.39. The molecular weight excluding hydrogens is 226 g/mol. The molecule has 0 bridgehead atoms. The van der Waals surface area contributed by atoms with Gasteiger partial charge in [0.15, 0.2) is 0 Å². The van der Waals surface area contributed by atoms with Gasteiger partial charge in [-0.05, 0) is 32.9 Å². The summed E-state index contributed by atoms with van der Waals surface area (Å²) in [5.41, 5.74) is 2.63. The monoisotopic (exact) mass is 247 g/mol. The Kier molecular flexibility index (Phi) is 2.65. The maximum atomic E-state index is 5.52. The lowest BCUT2D eigenvalue weighted by atomic mass is 10.1. The van der Waals surface area contributed by atoms with Gasteiger partial charge in [-0.1, -0.05) is 17.7 Å².